The van der Waals surface area contributed by atoms with Gasteiger partial charge in [0, 0.05) is 26.1 Å². The molecule has 0 aliphatic rings. The summed E-state index contributed by atoms with van der Waals surface area (Å²) in [5, 5.41) is 5.96. The monoisotopic (exact) mass is 278 g/mol. The highest BCUT2D eigenvalue weighted by Gasteiger charge is 2.07. The lowest BCUT2D eigenvalue weighted by Crippen LogP contribution is -2.27. The molecule has 0 saturated carbocycles. The highest BCUT2D eigenvalue weighted by atomic mass is 16.5. The molecule has 5 nitrogen and oxygen atoms in total. The quantitative estimate of drug-likeness (QED) is 0.550. The maximum Gasteiger partial charge on any atom is 0.309 e. The van der Waals surface area contributed by atoms with Gasteiger partial charge < -0.3 is 15.4 Å². The van der Waals surface area contributed by atoms with Crippen LogP contribution in [0.25, 0.3) is 0 Å². The van der Waals surface area contributed by atoms with E-state index in [9.17, 15) is 9.59 Å². The van der Waals surface area contributed by atoms with Gasteiger partial charge in [-0.25, -0.2) is 0 Å². The first-order chi connectivity index (χ1) is 9.67. The van der Waals surface area contributed by atoms with Gasteiger partial charge in [0.2, 0.25) is 5.91 Å². The molecule has 0 radical (unpaired) electrons. The molecule has 0 saturated heterocycles. The molecule has 5 heteroatoms. The number of nitrogens with one attached hydrogen (secondary N) is 2. The van der Waals surface area contributed by atoms with Crippen LogP contribution in [0.4, 0.5) is 0 Å². The molecule has 110 valence electrons. The lowest BCUT2D eigenvalue weighted by Gasteiger charge is -2.10. The Kier molecular flexibility index (Phi) is 7.35. The Morgan fingerprint density at radius 2 is 1.90 bits per heavy atom. The predicted molar refractivity (Wildman–Crippen MR) is 77.2 cm³/mol. The molecule has 1 aromatic rings. The average Bonchev–Trinajstić information content (AvgIpc) is 2.45. The van der Waals surface area contributed by atoms with E-state index in [2.05, 4.69) is 15.4 Å². The predicted octanol–water partition coefficient (Wildman–Crippen LogP) is 1.02. The zero-order valence-corrected chi connectivity index (χ0v) is 12.1. The van der Waals surface area contributed by atoms with Gasteiger partial charge in [0.15, 0.2) is 0 Å². The molecule has 2 N–H and O–H groups in total. The van der Waals surface area contributed by atoms with Crippen molar-refractivity contribution in [2.75, 3.05) is 20.2 Å². The maximum absolute atomic E-state index is 11.3. The minimum Gasteiger partial charge on any atom is -0.469 e. The fraction of sp³-hybridized carbons (Fsp3) is 0.467. The van der Waals surface area contributed by atoms with Gasteiger partial charge in [-0.2, -0.15) is 0 Å². The summed E-state index contributed by atoms with van der Waals surface area (Å²) in [5.41, 5.74) is 2.00. The number of rotatable bonds is 8. The van der Waals surface area contributed by atoms with Gasteiger partial charge in [0.25, 0.3) is 0 Å². The zero-order chi connectivity index (χ0) is 14.8. The van der Waals surface area contributed by atoms with Crippen LogP contribution in [0.2, 0.25) is 0 Å². The van der Waals surface area contributed by atoms with Gasteiger partial charge >= 0.3 is 5.97 Å². The smallest absolute Gasteiger partial charge is 0.309 e. The first-order valence-corrected chi connectivity index (χ1v) is 6.78. The number of benzene rings is 1. The summed E-state index contributed by atoms with van der Waals surface area (Å²) in [6.45, 7) is 3.79. The molecule has 0 aliphatic carbocycles. The summed E-state index contributed by atoms with van der Waals surface area (Å²) in [4.78, 5) is 22.6. The van der Waals surface area contributed by atoms with Crippen molar-refractivity contribution in [1.82, 2.24) is 10.6 Å². The molecule has 0 unspecified atom stereocenters. The van der Waals surface area contributed by atoms with Crippen molar-refractivity contribution in [3.05, 3.63) is 35.4 Å². The molecule has 1 aromatic carbocycles. The second kappa shape index (κ2) is 9.09. The topological polar surface area (TPSA) is 67.4 Å². The third kappa shape index (κ3) is 5.84. The number of esters is 1. The Hall–Kier alpha value is -1.88. The van der Waals surface area contributed by atoms with Gasteiger partial charge in [0.05, 0.1) is 13.5 Å². The molecular weight excluding hydrogens is 256 g/mol. The molecular formula is C15H22N2O3. The Morgan fingerprint density at radius 1 is 1.20 bits per heavy atom. The van der Waals surface area contributed by atoms with Crippen molar-refractivity contribution < 1.29 is 14.3 Å². The molecule has 0 fully saturated rings. The van der Waals surface area contributed by atoms with Crippen molar-refractivity contribution in [1.29, 1.82) is 0 Å². The Bertz CT molecular complexity index is 446. The molecule has 0 spiro atoms. The molecule has 1 amide bonds. The number of amides is 1. The Labute approximate surface area is 119 Å². The third-order valence-electron chi connectivity index (χ3n) is 2.90. The van der Waals surface area contributed by atoms with E-state index < -0.39 is 0 Å². The highest BCUT2D eigenvalue weighted by molar-refractivity contribution is 5.76. The first-order valence-electron chi connectivity index (χ1n) is 6.78. The molecule has 0 bridgehead atoms. The van der Waals surface area contributed by atoms with Crippen LogP contribution in [0.5, 0.6) is 0 Å². The van der Waals surface area contributed by atoms with Crippen molar-refractivity contribution in [3.8, 4) is 0 Å². The van der Waals surface area contributed by atoms with Crippen LogP contribution in [0, 0.1) is 0 Å². The van der Waals surface area contributed by atoms with Crippen molar-refractivity contribution >= 4 is 11.9 Å². The summed E-state index contributed by atoms with van der Waals surface area (Å²) >= 11 is 0. The van der Waals surface area contributed by atoms with Crippen LogP contribution in [0.15, 0.2) is 24.3 Å². The van der Waals surface area contributed by atoms with E-state index in [1.807, 2.05) is 31.2 Å². The van der Waals surface area contributed by atoms with E-state index in [1.165, 1.54) is 7.11 Å². The average molecular weight is 278 g/mol. The molecule has 0 atom stereocenters. The van der Waals surface area contributed by atoms with E-state index in [-0.39, 0.29) is 18.3 Å². The maximum atomic E-state index is 11.3. The SMILES string of the molecule is CCNC(=O)CCNCc1ccccc1CC(=O)OC. The van der Waals surface area contributed by atoms with Crippen molar-refractivity contribution in [3.63, 3.8) is 0 Å². The number of methoxy groups -OCH3 is 1. The second-order valence-corrected chi connectivity index (χ2v) is 4.40. The molecule has 20 heavy (non-hydrogen) atoms. The van der Waals surface area contributed by atoms with E-state index in [1.54, 1.807) is 0 Å². The number of hydrogen-bond acceptors (Lipinski definition) is 4. The fourth-order valence-corrected chi connectivity index (χ4v) is 1.84. The van der Waals surface area contributed by atoms with Gasteiger partial charge in [0.1, 0.15) is 0 Å². The van der Waals surface area contributed by atoms with Crippen molar-refractivity contribution in [2.24, 2.45) is 0 Å². The van der Waals surface area contributed by atoms with Crippen LogP contribution in [-0.2, 0) is 27.3 Å². The highest BCUT2D eigenvalue weighted by Crippen LogP contribution is 2.10. The fourth-order valence-electron chi connectivity index (χ4n) is 1.84. The number of carbonyl (C=O) groups excluding carboxylic acids is 2. The summed E-state index contributed by atoms with van der Waals surface area (Å²) < 4.78 is 4.68. The van der Waals surface area contributed by atoms with E-state index in [0.29, 0.717) is 26.1 Å². The minimum absolute atomic E-state index is 0.0443. The number of hydrogen-bond donors (Lipinski definition) is 2. The summed E-state index contributed by atoms with van der Waals surface area (Å²) in [7, 11) is 1.38. The summed E-state index contributed by atoms with van der Waals surface area (Å²) in [6, 6.07) is 7.72. The van der Waals surface area contributed by atoms with Crippen molar-refractivity contribution in [2.45, 2.75) is 26.3 Å². The Morgan fingerprint density at radius 3 is 2.55 bits per heavy atom. The van der Waals surface area contributed by atoms with Crippen LogP contribution < -0.4 is 10.6 Å². The molecule has 0 heterocycles. The van der Waals surface area contributed by atoms with E-state index in [4.69, 9.17) is 0 Å². The summed E-state index contributed by atoms with van der Waals surface area (Å²) in [6.07, 6.45) is 0.720. The lowest BCUT2D eigenvalue weighted by atomic mass is 10.0. The van der Waals surface area contributed by atoms with Gasteiger partial charge in [-0.3, -0.25) is 9.59 Å². The van der Waals surface area contributed by atoms with Crippen LogP contribution in [0.1, 0.15) is 24.5 Å². The third-order valence-corrected chi connectivity index (χ3v) is 2.90. The molecule has 0 aliphatic heterocycles. The van der Waals surface area contributed by atoms with Crippen LogP contribution in [-0.4, -0.2) is 32.1 Å². The lowest BCUT2D eigenvalue weighted by molar-refractivity contribution is -0.139. The van der Waals surface area contributed by atoms with Gasteiger partial charge in [-0.15, -0.1) is 0 Å². The van der Waals surface area contributed by atoms with Gasteiger partial charge in [-0.05, 0) is 18.1 Å². The largest absolute Gasteiger partial charge is 0.469 e. The normalized spacial score (nSPS) is 10.1. The van der Waals surface area contributed by atoms with Crippen LogP contribution >= 0.6 is 0 Å². The zero-order valence-electron chi connectivity index (χ0n) is 12.1. The Balaban J connectivity index is 2.43. The number of carbonyl (C=O) groups is 2. The first kappa shape index (κ1) is 16.2. The molecule has 1 rings (SSSR count). The molecule has 0 aromatic heterocycles. The van der Waals surface area contributed by atoms with E-state index in [0.717, 1.165) is 11.1 Å². The minimum atomic E-state index is -0.250. The van der Waals surface area contributed by atoms with E-state index >= 15 is 0 Å². The standard InChI is InChI=1S/C15H22N2O3/c1-3-17-14(18)8-9-16-11-13-7-5-4-6-12(13)10-15(19)20-2/h4-7,16H,3,8-11H2,1-2H3,(H,17,18). The summed E-state index contributed by atoms with van der Waals surface area (Å²) in [5.74, 6) is -0.206. The van der Waals surface area contributed by atoms with Crippen LogP contribution in [0.3, 0.4) is 0 Å². The number of ether oxygens (including phenoxy) is 1. The second-order valence-electron chi connectivity index (χ2n) is 4.40. The van der Waals surface area contributed by atoms with Gasteiger partial charge in [-0.1, -0.05) is 24.3 Å².